The Morgan fingerprint density at radius 3 is 2.75 bits per heavy atom. The van der Waals surface area contributed by atoms with Crippen LogP contribution in [-0.4, -0.2) is 24.1 Å². The Labute approximate surface area is 117 Å². The van der Waals surface area contributed by atoms with Crippen LogP contribution in [0.4, 0.5) is 0 Å². The number of rotatable bonds is 2. The van der Waals surface area contributed by atoms with E-state index in [0.29, 0.717) is 23.0 Å². The second-order valence-corrected chi connectivity index (χ2v) is 4.89. The summed E-state index contributed by atoms with van der Waals surface area (Å²) in [5.41, 5.74) is 3.83. The predicted molar refractivity (Wildman–Crippen MR) is 76.7 cm³/mol. The number of carboxylic acid groups (broad SMARTS) is 1. The summed E-state index contributed by atoms with van der Waals surface area (Å²) in [5, 5.41) is 8.86. The molecule has 0 aliphatic carbocycles. The Balaban J connectivity index is 2.08. The van der Waals surface area contributed by atoms with Crippen LogP contribution in [-0.2, 0) is 17.5 Å². The third kappa shape index (κ3) is 2.25. The molecule has 4 heteroatoms. The average Bonchev–Trinajstić information content (AvgIpc) is 2.57. The van der Waals surface area contributed by atoms with Gasteiger partial charge in [-0.15, -0.1) is 0 Å². The van der Waals surface area contributed by atoms with Gasteiger partial charge in [-0.25, -0.2) is 0 Å². The van der Waals surface area contributed by atoms with Crippen LogP contribution in [0.5, 0.6) is 0 Å². The first-order valence-corrected chi connectivity index (χ1v) is 6.45. The van der Waals surface area contributed by atoms with Crippen molar-refractivity contribution in [2.24, 2.45) is 0 Å². The fourth-order valence-electron chi connectivity index (χ4n) is 2.55. The van der Waals surface area contributed by atoms with Gasteiger partial charge in [0.2, 0.25) is 0 Å². The number of carboxylic acids is 1. The lowest BCUT2D eigenvalue weighted by atomic mass is 9.65. The van der Waals surface area contributed by atoms with Crippen molar-refractivity contribution in [1.82, 2.24) is 0 Å². The molecule has 0 spiro atoms. The molecule has 1 heterocycles. The maximum absolute atomic E-state index is 12.6. The highest BCUT2D eigenvalue weighted by atomic mass is 16.4. The smallest absolute Gasteiger partial charge is 0.307 e. The highest BCUT2D eigenvalue weighted by molar-refractivity contribution is 6.56. The first-order valence-electron chi connectivity index (χ1n) is 6.45. The number of ketones is 1. The number of fused-ring (bicyclic) bond motifs is 2. The van der Waals surface area contributed by atoms with Crippen LogP contribution in [0.3, 0.4) is 0 Å². The molecule has 0 aromatic heterocycles. The number of hydrogen-bond acceptors (Lipinski definition) is 2. The fraction of sp³-hybridized carbons (Fsp3) is 0.125. The zero-order chi connectivity index (χ0) is 14.1. The van der Waals surface area contributed by atoms with Gasteiger partial charge in [0.05, 0.1) is 6.42 Å². The van der Waals surface area contributed by atoms with Gasteiger partial charge in [0, 0.05) is 11.1 Å². The van der Waals surface area contributed by atoms with E-state index in [2.05, 4.69) is 0 Å². The molecule has 0 amide bonds. The second kappa shape index (κ2) is 4.97. The third-order valence-corrected chi connectivity index (χ3v) is 3.52. The van der Waals surface area contributed by atoms with Gasteiger partial charge in [0.25, 0.3) is 0 Å². The number of carbonyl (C=O) groups is 2. The Morgan fingerprint density at radius 2 is 1.95 bits per heavy atom. The van der Waals surface area contributed by atoms with Gasteiger partial charge < -0.3 is 5.11 Å². The molecule has 1 aliphatic rings. The molecule has 3 nitrogen and oxygen atoms in total. The Kier molecular flexibility index (Phi) is 3.14. The first-order chi connectivity index (χ1) is 9.65. The molecule has 1 N–H and O–H groups in total. The summed E-state index contributed by atoms with van der Waals surface area (Å²) in [5.74, 6) is -0.924. The maximum Gasteiger partial charge on any atom is 0.307 e. The third-order valence-electron chi connectivity index (χ3n) is 3.52. The summed E-state index contributed by atoms with van der Waals surface area (Å²) < 4.78 is 0. The quantitative estimate of drug-likeness (QED) is 0.833. The van der Waals surface area contributed by atoms with Gasteiger partial charge in [0.15, 0.2) is 13.1 Å². The lowest BCUT2D eigenvalue weighted by molar-refractivity contribution is -0.136. The van der Waals surface area contributed by atoms with Crippen LogP contribution in [0.1, 0.15) is 27.0 Å². The molecule has 2 aromatic carbocycles. The Morgan fingerprint density at radius 1 is 1.15 bits per heavy atom. The summed E-state index contributed by atoms with van der Waals surface area (Å²) in [4.78, 5) is 23.4. The average molecular weight is 263 g/mol. The van der Waals surface area contributed by atoms with Gasteiger partial charge >= 0.3 is 5.97 Å². The highest BCUT2D eigenvalue weighted by Gasteiger charge is 2.21. The largest absolute Gasteiger partial charge is 0.481 e. The van der Waals surface area contributed by atoms with Crippen LogP contribution < -0.4 is 5.46 Å². The van der Waals surface area contributed by atoms with Crippen LogP contribution in [0.2, 0.25) is 0 Å². The van der Waals surface area contributed by atoms with Crippen molar-refractivity contribution in [2.75, 3.05) is 0 Å². The Bertz CT molecular complexity index is 707. The van der Waals surface area contributed by atoms with E-state index in [1.54, 1.807) is 12.1 Å². The van der Waals surface area contributed by atoms with E-state index in [9.17, 15) is 9.59 Å². The van der Waals surface area contributed by atoms with Crippen LogP contribution in [0.25, 0.3) is 0 Å². The highest BCUT2D eigenvalue weighted by Crippen LogP contribution is 2.18. The standard InChI is InChI=1S/C16H12BO3/c18-15(19)8-10-5-6-14-13(7-10)16(20)12-4-2-1-3-11(12)9-17-14/h1-7H,8-9H2,(H,18,19). The molecule has 1 aliphatic heterocycles. The summed E-state index contributed by atoms with van der Waals surface area (Å²) in [6.45, 7) is 0. The van der Waals surface area contributed by atoms with Crippen molar-refractivity contribution in [2.45, 2.75) is 12.7 Å². The van der Waals surface area contributed by atoms with Gasteiger partial charge in [-0.1, -0.05) is 41.9 Å². The molecule has 20 heavy (non-hydrogen) atoms. The van der Waals surface area contributed by atoms with Crippen molar-refractivity contribution in [3.05, 3.63) is 64.7 Å². The molecule has 3 rings (SSSR count). The van der Waals surface area contributed by atoms with Gasteiger partial charge in [0.1, 0.15) is 0 Å². The SMILES string of the molecule is O=C(O)Cc1ccc2c(c1)C(=O)c1ccccc1C[B]2. The normalized spacial score (nSPS) is 12.9. The van der Waals surface area contributed by atoms with Crippen molar-refractivity contribution < 1.29 is 14.7 Å². The van der Waals surface area contributed by atoms with Crippen LogP contribution >= 0.6 is 0 Å². The van der Waals surface area contributed by atoms with Crippen molar-refractivity contribution >= 4 is 24.5 Å². The predicted octanol–water partition coefficient (Wildman–Crippen LogP) is 1.39. The zero-order valence-electron chi connectivity index (χ0n) is 10.8. The van der Waals surface area contributed by atoms with Crippen molar-refractivity contribution in [3.63, 3.8) is 0 Å². The van der Waals surface area contributed by atoms with Crippen LogP contribution in [0, 0.1) is 0 Å². The lowest BCUT2D eigenvalue weighted by Gasteiger charge is -2.07. The van der Waals surface area contributed by atoms with E-state index >= 15 is 0 Å². The van der Waals surface area contributed by atoms with Gasteiger partial charge in [-0.3, -0.25) is 9.59 Å². The second-order valence-electron chi connectivity index (χ2n) is 4.89. The first kappa shape index (κ1) is 12.7. The minimum absolute atomic E-state index is 0.0309. The van der Waals surface area contributed by atoms with Crippen LogP contribution in [0.15, 0.2) is 42.5 Å². The number of benzene rings is 2. The molecule has 1 radical (unpaired) electrons. The van der Waals surface area contributed by atoms with Gasteiger partial charge in [-0.05, 0) is 23.5 Å². The van der Waals surface area contributed by atoms with Gasteiger partial charge in [-0.2, -0.15) is 0 Å². The van der Waals surface area contributed by atoms with E-state index in [0.717, 1.165) is 11.0 Å². The molecular formula is C16H12BO3. The molecular weight excluding hydrogens is 251 g/mol. The number of aliphatic carboxylic acids is 1. The van der Waals surface area contributed by atoms with Crippen molar-refractivity contribution in [3.8, 4) is 0 Å². The van der Waals surface area contributed by atoms with E-state index in [1.807, 2.05) is 37.6 Å². The van der Waals surface area contributed by atoms with E-state index < -0.39 is 5.97 Å². The lowest BCUT2D eigenvalue weighted by Crippen LogP contribution is -2.22. The molecule has 0 saturated heterocycles. The van der Waals surface area contributed by atoms with Crippen molar-refractivity contribution in [1.29, 1.82) is 0 Å². The molecule has 0 saturated carbocycles. The molecule has 97 valence electrons. The fourth-order valence-corrected chi connectivity index (χ4v) is 2.55. The monoisotopic (exact) mass is 263 g/mol. The summed E-state index contributed by atoms with van der Waals surface area (Å²) in [6, 6.07) is 12.8. The molecule has 0 bridgehead atoms. The number of carbonyl (C=O) groups excluding carboxylic acids is 1. The molecule has 2 aromatic rings. The van der Waals surface area contributed by atoms with E-state index in [1.165, 1.54) is 0 Å². The summed E-state index contributed by atoms with van der Waals surface area (Å²) >= 11 is 0. The minimum atomic E-state index is -0.893. The zero-order valence-corrected chi connectivity index (χ0v) is 10.8. The Hall–Kier alpha value is -2.36. The molecule has 0 unspecified atom stereocenters. The maximum atomic E-state index is 12.6. The summed E-state index contributed by atoms with van der Waals surface area (Å²) in [7, 11) is 2.02. The summed E-state index contributed by atoms with van der Waals surface area (Å²) in [6.07, 6.45) is 0.648. The minimum Gasteiger partial charge on any atom is -0.481 e. The topological polar surface area (TPSA) is 54.4 Å². The number of hydrogen-bond donors (Lipinski definition) is 1. The van der Waals surface area contributed by atoms with E-state index in [4.69, 9.17) is 5.11 Å². The van der Waals surface area contributed by atoms with E-state index in [-0.39, 0.29) is 12.2 Å². The molecule has 0 fully saturated rings. The molecule has 0 atom stereocenters.